The predicted molar refractivity (Wildman–Crippen MR) is 90.2 cm³/mol. The summed E-state index contributed by atoms with van der Waals surface area (Å²) in [4.78, 5) is 0.119. The summed E-state index contributed by atoms with van der Waals surface area (Å²) in [5.74, 6) is 0.969. The first-order chi connectivity index (χ1) is 11.6. The maximum Gasteiger partial charge on any atom is 0.262 e. The molecule has 0 radical (unpaired) electrons. The van der Waals surface area contributed by atoms with Crippen LogP contribution in [0.25, 0.3) is 0 Å². The number of benzene rings is 2. The standard InChI is InChI=1S/C16H18N2O5S/c1-21-9-8-17-12-2-4-13(5-3-12)18-24(19,20)14-6-7-15-16(10-14)23-11-22-15/h2-7,10,17-18H,8-9,11H2,1H3. The number of anilines is 2. The van der Waals surface area contributed by atoms with Crippen molar-refractivity contribution in [3.05, 3.63) is 42.5 Å². The van der Waals surface area contributed by atoms with Crippen LogP contribution < -0.4 is 19.5 Å². The van der Waals surface area contributed by atoms with E-state index >= 15 is 0 Å². The van der Waals surface area contributed by atoms with Crippen LogP contribution in [0.4, 0.5) is 11.4 Å². The lowest BCUT2D eigenvalue weighted by Crippen LogP contribution is -2.13. The predicted octanol–water partition coefficient (Wildman–Crippen LogP) is 2.27. The molecular weight excluding hydrogens is 332 g/mol. The van der Waals surface area contributed by atoms with E-state index in [0.29, 0.717) is 30.3 Å². The molecule has 7 nitrogen and oxygen atoms in total. The Bertz CT molecular complexity index is 806. The van der Waals surface area contributed by atoms with Gasteiger partial charge in [0.1, 0.15) is 0 Å². The molecule has 8 heteroatoms. The average Bonchev–Trinajstić information content (AvgIpc) is 3.04. The van der Waals surface area contributed by atoms with Gasteiger partial charge in [-0.15, -0.1) is 0 Å². The van der Waals surface area contributed by atoms with Crippen LogP contribution in [0.15, 0.2) is 47.4 Å². The lowest BCUT2D eigenvalue weighted by Gasteiger charge is -2.10. The topological polar surface area (TPSA) is 85.9 Å². The second-order valence-electron chi connectivity index (χ2n) is 5.12. The minimum absolute atomic E-state index is 0.101. The van der Waals surface area contributed by atoms with Gasteiger partial charge in [-0.25, -0.2) is 8.42 Å². The smallest absolute Gasteiger partial charge is 0.262 e. The highest BCUT2D eigenvalue weighted by atomic mass is 32.2. The number of nitrogens with one attached hydrogen (secondary N) is 2. The second-order valence-corrected chi connectivity index (χ2v) is 6.80. The minimum Gasteiger partial charge on any atom is -0.454 e. The van der Waals surface area contributed by atoms with Gasteiger partial charge in [0, 0.05) is 31.1 Å². The van der Waals surface area contributed by atoms with E-state index in [0.717, 1.165) is 5.69 Å². The molecule has 0 atom stereocenters. The van der Waals surface area contributed by atoms with Crippen LogP contribution in [0, 0.1) is 0 Å². The lowest BCUT2D eigenvalue weighted by atomic mass is 10.3. The van der Waals surface area contributed by atoms with Gasteiger partial charge >= 0.3 is 0 Å². The molecule has 0 aromatic heterocycles. The third-order valence-corrected chi connectivity index (χ3v) is 4.81. The Morgan fingerprint density at radius 2 is 1.75 bits per heavy atom. The van der Waals surface area contributed by atoms with Gasteiger partial charge in [0.2, 0.25) is 6.79 Å². The van der Waals surface area contributed by atoms with Crippen LogP contribution in [0.1, 0.15) is 0 Å². The molecule has 0 bridgehead atoms. The van der Waals surface area contributed by atoms with E-state index in [9.17, 15) is 8.42 Å². The van der Waals surface area contributed by atoms with Crippen molar-refractivity contribution in [1.82, 2.24) is 0 Å². The molecule has 1 aliphatic rings. The van der Waals surface area contributed by atoms with E-state index in [2.05, 4.69) is 10.0 Å². The number of methoxy groups -OCH3 is 1. The molecule has 2 aromatic rings. The first-order valence-electron chi connectivity index (χ1n) is 7.34. The minimum atomic E-state index is -3.69. The van der Waals surface area contributed by atoms with Crippen molar-refractivity contribution in [3.8, 4) is 11.5 Å². The number of rotatable bonds is 7. The molecule has 0 spiro atoms. The Morgan fingerprint density at radius 1 is 1.04 bits per heavy atom. The maximum absolute atomic E-state index is 12.5. The van der Waals surface area contributed by atoms with E-state index in [4.69, 9.17) is 14.2 Å². The SMILES string of the molecule is COCCNc1ccc(NS(=O)(=O)c2ccc3c(c2)OCO3)cc1. The summed E-state index contributed by atoms with van der Waals surface area (Å²) in [7, 11) is -2.06. The molecule has 0 aliphatic carbocycles. The number of hydrogen-bond donors (Lipinski definition) is 2. The van der Waals surface area contributed by atoms with Crippen LogP contribution in [-0.2, 0) is 14.8 Å². The number of hydrogen-bond acceptors (Lipinski definition) is 6. The summed E-state index contributed by atoms with van der Waals surface area (Å²) in [6.07, 6.45) is 0. The highest BCUT2D eigenvalue weighted by Crippen LogP contribution is 2.34. The summed E-state index contributed by atoms with van der Waals surface area (Å²) < 4.78 is 42.8. The van der Waals surface area contributed by atoms with Crippen LogP contribution in [0.2, 0.25) is 0 Å². The van der Waals surface area contributed by atoms with Crippen molar-refractivity contribution in [2.24, 2.45) is 0 Å². The summed E-state index contributed by atoms with van der Waals surface area (Å²) >= 11 is 0. The van der Waals surface area contributed by atoms with Crippen LogP contribution in [0.5, 0.6) is 11.5 Å². The van der Waals surface area contributed by atoms with Gasteiger partial charge in [-0.3, -0.25) is 4.72 Å². The fourth-order valence-corrected chi connectivity index (χ4v) is 3.29. The first-order valence-corrected chi connectivity index (χ1v) is 8.82. The molecule has 1 aliphatic heterocycles. The monoisotopic (exact) mass is 350 g/mol. The summed E-state index contributed by atoms with van der Waals surface area (Å²) in [6, 6.07) is 11.5. The second kappa shape index (κ2) is 6.98. The molecular formula is C16H18N2O5S. The van der Waals surface area contributed by atoms with E-state index in [-0.39, 0.29) is 11.7 Å². The van der Waals surface area contributed by atoms with Gasteiger partial charge < -0.3 is 19.5 Å². The molecule has 0 amide bonds. The van der Waals surface area contributed by atoms with Crippen molar-refractivity contribution in [1.29, 1.82) is 0 Å². The zero-order chi connectivity index (χ0) is 17.0. The van der Waals surface area contributed by atoms with Crippen molar-refractivity contribution < 1.29 is 22.6 Å². The quantitative estimate of drug-likeness (QED) is 0.745. The Balaban J connectivity index is 1.70. The molecule has 2 N–H and O–H groups in total. The number of fused-ring (bicyclic) bond motifs is 1. The molecule has 128 valence electrons. The fourth-order valence-electron chi connectivity index (χ4n) is 2.21. The van der Waals surface area contributed by atoms with Gasteiger partial charge in [0.25, 0.3) is 10.0 Å². The number of sulfonamides is 1. The number of ether oxygens (including phenoxy) is 3. The molecule has 24 heavy (non-hydrogen) atoms. The molecule has 0 unspecified atom stereocenters. The van der Waals surface area contributed by atoms with Crippen LogP contribution in [-0.4, -0.2) is 35.5 Å². The van der Waals surface area contributed by atoms with Gasteiger partial charge in [0.15, 0.2) is 11.5 Å². The van der Waals surface area contributed by atoms with Crippen molar-refractivity contribution in [2.75, 3.05) is 37.1 Å². The summed E-state index contributed by atoms with van der Waals surface area (Å²) in [5.41, 5.74) is 1.36. The largest absolute Gasteiger partial charge is 0.454 e. The van der Waals surface area contributed by atoms with Gasteiger partial charge in [-0.05, 0) is 36.4 Å². The Hall–Kier alpha value is -2.45. The molecule has 2 aromatic carbocycles. The van der Waals surface area contributed by atoms with E-state index in [1.54, 1.807) is 37.4 Å². The van der Waals surface area contributed by atoms with Crippen molar-refractivity contribution >= 4 is 21.4 Å². The highest BCUT2D eigenvalue weighted by molar-refractivity contribution is 7.92. The molecule has 3 rings (SSSR count). The Kier molecular flexibility index (Phi) is 4.77. The molecule has 0 saturated carbocycles. The van der Waals surface area contributed by atoms with Crippen molar-refractivity contribution in [2.45, 2.75) is 4.90 Å². The van der Waals surface area contributed by atoms with Crippen molar-refractivity contribution in [3.63, 3.8) is 0 Å². The van der Waals surface area contributed by atoms with Crippen LogP contribution >= 0.6 is 0 Å². The fraction of sp³-hybridized carbons (Fsp3) is 0.250. The van der Waals surface area contributed by atoms with Gasteiger partial charge in [-0.1, -0.05) is 0 Å². The molecule has 1 heterocycles. The third kappa shape index (κ3) is 3.72. The molecule has 0 fully saturated rings. The lowest BCUT2D eigenvalue weighted by molar-refractivity contribution is 0.174. The molecule has 0 saturated heterocycles. The van der Waals surface area contributed by atoms with Gasteiger partial charge in [-0.2, -0.15) is 0 Å². The maximum atomic E-state index is 12.5. The Morgan fingerprint density at radius 3 is 2.50 bits per heavy atom. The zero-order valence-electron chi connectivity index (χ0n) is 13.1. The first kappa shape index (κ1) is 16.4. The summed E-state index contributed by atoms with van der Waals surface area (Å²) in [6.45, 7) is 1.38. The van der Waals surface area contributed by atoms with E-state index < -0.39 is 10.0 Å². The summed E-state index contributed by atoms with van der Waals surface area (Å²) in [5, 5.41) is 3.16. The zero-order valence-corrected chi connectivity index (χ0v) is 13.9. The van der Waals surface area contributed by atoms with E-state index in [1.807, 2.05) is 0 Å². The third-order valence-electron chi connectivity index (χ3n) is 3.43. The van der Waals surface area contributed by atoms with Crippen LogP contribution in [0.3, 0.4) is 0 Å². The van der Waals surface area contributed by atoms with Gasteiger partial charge in [0.05, 0.1) is 11.5 Å². The average molecular weight is 350 g/mol. The normalized spacial score (nSPS) is 12.9. The van der Waals surface area contributed by atoms with E-state index in [1.165, 1.54) is 12.1 Å². The highest BCUT2D eigenvalue weighted by Gasteiger charge is 2.20. The Labute approximate surface area is 140 Å².